The van der Waals surface area contributed by atoms with Crippen molar-refractivity contribution in [3.05, 3.63) is 65.7 Å². The highest BCUT2D eigenvalue weighted by Crippen LogP contribution is 2.34. The molecule has 0 radical (unpaired) electrons. The Morgan fingerprint density at radius 1 is 0.906 bits per heavy atom. The molecule has 0 bridgehead atoms. The molecule has 4 rings (SSSR count). The number of piperazine rings is 1. The number of benzene rings is 2. The molecule has 0 spiro atoms. The topological polar surface area (TPSA) is 35.6 Å². The van der Waals surface area contributed by atoms with Crippen molar-refractivity contribution >= 4 is 11.6 Å². The lowest BCUT2D eigenvalue weighted by Crippen LogP contribution is -2.51. The number of amides is 1. The number of aryl methyl sites for hydroxylation is 1. The highest BCUT2D eigenvalue weighted by atomic mass is 16.2. The molecule has 2 aromatic carbocycles. The summed E-state index contributed by atoms with van der Waals surface area (Å²) < 4.78 is 0. The van der Waals surface area contributed by atoms with Crippen LogP contribution < -0.4 is 10.2 Å². The lowest BCUT2D eigenvalue weighted by Gasteiger charge is -2.37. The van der Waals surface area contributed by atoms with Gasteiger partial charge in [0.15, 0.2) is 0 Å². The molecular formula is C28H43N3O. The first-order valence-electron chi connectivity index (χ1n) is 12.6. The molecule has 1 saturated heterocycles. The number of nitrogens with one attached hydrogen (secondary N) is 1. The largest absolute Gasteiger partial charge is 0.369 e. The summed E-state index contributed by atoms with van der Waals surface area (Å²) in [5, 5.41) is 3.36. The predicted octanol–water partition coefficient (Wildman–Crippen LogP) is 5.49. The van der Waals surface area contributed by atoms with Crippen molar-refractivity contribution in [2.75, 3.05) is 37.6 Å². The van der Waals surface area contributed by atoms with Crippen LogP contribution >= 0.6 is 0 Å². The zero-order valence-corrected chi connectivity index (χ0v) is 20.8. The van der Waals surface area contributed by atoms with E-state index in [-0.39, 0.29) is 11.9 Å². The third-order valence-electron chi connectivity index (χ3n) is 6.31. The van der Waals surface area contributed by atoms with Gasteiger partial charge in [-0.05, 0) is 42.5 Å². The van der Waals surface area contributed by atoms with Crippen LogP contribution in [0.3, 0.4) is 0 Å². The molecular weight excluding hydrogens is 394 g/mol. The minimum Gasteiger partial charge on any atom is -0.369 e. The second-order valence-corrected chi connectivity index (χ2v) is 8.02. The van der Waals surface area contributed by atoms with Gasteiger partial charge in [0.1, 0.15) is 0 Å². The SMILES string of the molecule is CC.CC.CCC1c2ccccc2CCC1NC(=O)CN1CCN(c2ccccc2)CC1. The Morgan fingerprint density at radius 3 is 2.19 bits per heavy atom. The first-order valence-corrected chi connectivity index (χ1v) is 12.6. The molecule has 4 nitrogen and oxygen atoms in total. The average molecular weight is 438 g/mol. The Bertz CT molecular complexity index is 784. The Hall–Kier alpha value is -2.33. The molecule has 4 heteroatoms. The van der Waals surface area contributed by atoms with Gasteiger partial charge in [-0.3, -0.25) is 9.69 Å². The fraction of sp³-hybridized carbons (Fsp3) is 0.536. The Balaban J connectivity index is 0.000000860. The van der Waals surface area contributed by atoms with Crippen LogP contribution in [0.5, 0.6) is 0 Å². The summed E-state index contributed by atoms with van der Waals surface area (Å²) in [6.45, 7) is 14.6. The molecule has 2 aromatic rings. The monoisotopic (exact) mass is 437 g/mol. The van der Waals surface area contributed by atoms with Gasteiger partial charge in [-0.15, -0.1) is 0 Å². The lowest BCUT2D eigenvalue weighted by molar-refractivity contribution is -0.123. The third kappa shape index (κ3) is 6.83. The van der Waals surface area contributed by atoms with Crippen LogP contribution in [-0.4, -0.2) is 49.6 Å². The predicted molar refractivity (Wildman–Crippen MR) is 138 cm³/mol. The van der Waals surface area contributed by atoms with Crippen LogP contribution in [0.2, 0.25) is 0 Å². The van der Waals surface area contributed by atoms with E-state index < -0.39 is 0 Å². The van der Waals surface area contributed by atoms with Gasteiger partial charge in [0, 0.05) is 43.8 Å². The number of fused-ring (bicyclic) bond motifs is 1. The number of nitrogens with zero attached hydrogens (tertiary/aromatic N) is 2. The van der Waals surface area contributed by atoms with E-state index in [1.807, 2.05) is 27.7 Å². The summed E-state index contributed by atoms with van der Waals surface area (Å²) in [5.41, 5.74) is 4.16. The van der Waals surface area contributed by atoms with Crippen LogP contribution in [0.1, 0.15) is 64.5 Å². The maximum atomic E-state index is 12.7. The zero-order chi connectivity index (χ0) is 23.3. The van der Waals surface area contributed by atoms with Crippen LogP contribution in [-0.2, 0) is 11.2 Å². The molecule has 1 amide bonds. The summed E-state index contributed by atoms with van der Waals surface area (Å²) in [4.78, 5) is 17.4. The molecule has 1 aliphatic heterocycles. The van der Waals surface area contributed by atoms with E-state index in [1.165, 1.54) is 16.8 Å². The van der Waals surface area contributed by atoms with Gasteiger partial charge in [0.25, 0.3) is 0 Å². The Kier molecular flexibility index (Phi) is 11.3. The van der Waals surface area contributed by atoms with Gasteiger partial charge in [-0.25, -0.2) is 0 Å². The first kappa shape index (κ1) is 25.9. The highest BCUT2D eigenvalue weighted by molar-refractivity contribution is 5.78. The van der Waals surface area contributed by atoms with E-state index in [4.69, 9.17) is 0 Å². The second-order valence-electron chi connectivity index (χ2n) is 8.02. The summed E-state index contributed by atoms with van der Waals surface area (Å²) in [6, 6.07) is 19.5. The second kappa shape index (κ2) is 13.9. The van der Waals surface area contributed by atoms with E-state index in [2.05, 4.69) is 76.6 Å². The summed E-state index contributed by atoms with van der Waals surface area (Å²) in [7, 11) is 0. The lowest BCUT2D eigenvalue weighted by atomic mass is 9.78. The molecule has 1 fully saturated rings. The van der Waals surface area contributed by atoms with Crippen molar-refractivity contribution in [3.63, 3.8) is 0 Å². The molecule has 2 aliphatic rings. The van der Waals surface area contributed by atoms with Crippen LogP contribution in [0.25, 0.3) is 0 Å². The first-order chi connectivity index (χ1) is 15.7. The van der Waals surface area contributed by atoms with Gasteiger partial charge >= 0.3 is 0 Å². The molecule has 0 saturated carbocycles. The highest BCUT2D eigenvalue weighted by Gasteiger charge is 2.29. The fourth-order valence-corrected chi connectivity index (χ4v) is 4.79. The molecule has 2 unspecified atom stereocenters. The number of hydrogen-bond acceptors (Lipinski definition) is 3. The van der Waals surface area contributed by atoms with Gasteiger partial charge in [0.2, 0.25) is 5.91 Å². The van der Waals surface area contributed by atoms with Crippen molar-refractivity contribution in [2.24, 2.45) is 0 Å². The quantitative estimate of drug-likeness (QED) is 0.672. The fourth-order valence-electron chi connectivity index (χ4n) is 4.79. The van der Waals surface area contributed by atoms with Gasteiger partial charge in [0.05, 0.1) is 6.54 Å². The maximum absolute atomic E-state index is 12.7. The zero-order valence-electron chi connectivity index (χ0n) is 20.8. The molecule has 2 atom stereocenters. The van der Waals surface area contributed by atoms with Gasteiger partial charge in [-0.1, -0.05) is 77.1 Å². The summed E-state index contributed by atoms with van der Waals surface area (Å²) >= 11 is 0. The van der Waals surface area contributed by atoms with E-state index >= 15 is 0 Å². The number of para-hydroxylation sites is 1. The van der Waals surface area contributed by atoms with Crippen molar-refractivity contribution in [3.8, 4) is 0 Å². The minimum atomic E-state index is 0.177. The van der Waals surface area contributed by atoms with E-state index in [1.54, 1.807) is 0 Å². The third-order valence-corrected chi connectivity index (χ3v) is 6.31. The normalized spacial score (nSPS) is 20.1. The van der Waals surface area contributed by atoms with Crippen LogP contribution in [0.4, 0.5) is 5.69 Å². The molecule has 1 heterocycles. The standard InChI is InChI=1S/C24H31N3O.2C2H6/c1-2-21-22-11-7-6-8-19(22)12-13-23(21)25-24(28)18-26-14-16-27(17-15-26)20-9-4-3-5-10-20;2*1-2/h3-11,21,23H,2,12-18H2,1H3,(H,25,28);2*1-2H3. The number of rotatable bonds is 5. The minimum absolute atomic E-state index is 0.177. The van der Waals surface area contributed by atoms with Crippen molar-refractivity contribution in [2.45, 2.75) is 65.8 Å². The number of carbonyl (C=O) groups is 1. The molecule has 32 heavy (non-hydrogen) atoms. The Labute approximate surface area is 196 Å². The van der Waals surface area contributed by atoms with E-state index in [9.17, 15) is 4.79 Å². The van der Waals surface area contributed by atoms with Gasteiger partial charge in [-0.2, -0.15) is 0 Å². The number of hydrogen-bond donors (Lipinski definition) is 1. The van der Waals surface area contributed by atoms with Crippen LogP contribution in [0.15, 0.2) is 54.6 Å². The van der Waals surface area contributed by atoms with Crippen molar-refractivity contribution in [1.29, 1.82) is 0 Å². The van der Waals surface area contributed by atoms with Crippen LogP contribution in [0, 0.1) is 0 Å². The summed E-state index contributed by atoms with van der Waals surface area (Å²) in [6.07, 6.45) is 3.17. The van der Waals surface area contributed by atoms with E-state index in [0.717, 1.165) is 45.4 Å². The molecule has 176 valence electrons. The summed E-state index contributed by atoms with van der Waals surface area (Å²) in [5.74, 6) is 0.611. The number of carbonyl (C=O) groups excluding carboxylic acids is 1. The van der Waals surface area contributed by atoms with Gasteiger partial charge < -0.3 is 10.2 Å². The van der Waals surface area contributed by atoms with Crippen molar-refractivity contribution < 1.29 is 4.79 Å². The van der Waals surface area contributed by atoms with Crippen molar-refractivity contribution in [1.82, 2.24) is 10.2 Å². The Morgan fingerprint density at radius 2 is 1.53 bits per heavy atom. The van der Waals surface area contributed by atoms with E-state index in [0.29, 0.717) is 12.5 Å². The molecule has 1 aliphatic carbocycles. The molecule has 0 aromatic heterocycles. The smallest absolute Gasteiger partial charge is 0.234 e. The molecule has 1 N–H and O–H groups in total. The average Bonchev–Trinajstić information content (AvgIpc) is 2.87. The number of anilines is 1. The maximum Gasteiger partial charge on any atom is 0.234 e.